The van der Waals surface area contributed by atoms with Crippen LogP contribution in [0.5, 0.6) is 0 Å². The van der Waals surface area contributed by atoms with Crippen molar-refractivity contribution in [2.24, 2.45) is 10.9 Å². The summed E-state index contributed by atoms with van der Waals surface area (Å²) >= 11 is 0. The number of hydrogen-bond acceptors (Lipinski definition) is 6. The maximum absolute atomic E-state index is 12.8. The fraction of sp³-hybridized carbons (Fsp3) is 0.435. The van der Waals surface area contributed by atoms with Gasteiger partial charge in [0.05, 0.1) is 31.0 Å². The number of anilines is 1. The number of allylic oxidation sites excluding steroid dienone is 1. The molecule has 1 atom stereocenters. The molecule has 0 spiro atoms. The number of aliphatic imine (C=N–C) groups is 1. The fourth-order valence-electron chi connectivity index (χ4n) is 4.47. The largest absolute Gasteiger partial charge is 0.448 e. The first-order chi connectivity index (χ1) is 15.1. The van der Waals surface area contributed by atoms with Crippen LogP contribution in [0.1, 0.15) is 18.1 Å². The molecule has 0 bridgehead atoms. The number of amides is 2. The molecule has 2 saturated heterocycles. The molecule has 0 saturated carbocycles. The molecule has 1 unspecified atom stereocenters. The number of carbonyl (C=O) groups is 2. The van der Waals surface area contributed by atoms with Crippen LogP contribution in [-0.2, 0) is 20.8 Å². The van der Waals surface area contributed by atoms with Crippen molar-refractivity contribution in [2.45, 2.75) is 13.5 Å². The smallest absolute Gasteiger partial charge is 0.410 e. The third-order valence-electron chi connectivity index (χ3n) is 6.16. The predicted octanol–water partition coefficient (Wildman–Crippen LogP) is 2.28. The molecule has 0 aromatic heterocycles. The van der Waals surface area contributed by atoms with Gasteiger partial charge in [-0.1, -0.05) is 6.07 Å². The van der Waals surface area contributed by atoms with E-state index in [1.54, 1.807) is 4.90 Å². The maximum Gasteiger partial charge on any atom is 0.410 e. The van der Waals surface area contributed by atoms with Gasteiger partial charge in [-0.15, -0.1) is 0 Å². The molecule has 1 aromatic carbocycles. The SMILES string of the molecule is C/C(C1=CC(CN2CCOCC2)C=N1)=C1\C(=O)Nc2ccc(CN3CCOC3=O)cc21. The molecular weight excluding hydrogens is 396 g/mol. The minimum absolute atomic E-state index is 0.113. The van der Waals surface area contributed by atoms with E-state index in [0.717, 1.165) is 60.9 Å². The van der Waals surface area contributed by atoms with Gasteiger partial charge in [0, 0.05) is 49.6 Å². The summed E-state index contributed by atoms with van der Waals surface area (Å²) < 4.78 is 10.4. The first-order valence-electron chi connectivity index (χ1n) is 10.7. The average molecular weight is 422 g/mol. The Kier molecular flexibility index (Phi) is 5.33. The van der Waals surface area contributed by atoms with Crippen LogP contribution in [0, 0.1) is 5.92 Å². The first-order valence-corrected chi connectivity index (χ1v) is 10.7. The Morgan fingerprint density at radius 2 is 2.03 bits per heavy atom. The Morgan fingerprint density at radius 1 is 1.19 bits per heavy atom. The van der Waals surface area contributed by atoms with E-state index in [1.807, 2.05) is 31.3 Å². The lowest BCUT2D eigenvalue weighted by Crippen LogP contribution is -2.39. The molecule has 4 aliphatic heterocycles. The third kappa shape index (κ3) is 4.00. The number of benzene rings is 1. The minimum Gasteiger partial charge on any atom is -0.448 e. The molecule has 2 amide bonds. The quantitative estimate of drug-likeness (QED) is 0.736. The highest BCUT2D eigenvalue weighted by Crippen LogP contribution is 2.37. The lowest BCUT2D eigenvalue weighted by Gasteiger charge is -2.27. The van der Waals surface area contributed by atoms with Gasteiger partial charge in [-0.05, 0) is 36.3 Å². The summed E-state index contributed by atoms with van der Waals surface area (Å²) in [5.74, 6) is 0.123. The molecule has 4 aliphatic rings. The summed E-state index contributed by atoms with van der Waals surface area (Å²) in [4.78, 5) is 33.2. The van der Waals surface area contributed by atoms with Crippen LogP contribution in [-0.4, -0.2) is 74.0 Å². The molecule has 2 fully saturated rings. The lowest BCUT2D eigenvalue weighted by molar-refractivity contribution is -0.110. The molecule has 31 heavy (non-hydrogen) atoms. The van der Waals surface area contributed by atoms with Crippen molar-refractivity contribution in [1.82, 2.24) is 9.80 Å². The number of ether oxygens (including phenoxy) is 2. The van der Waals surface area contributed by atoms with E-state index in [-0.39, 0.29) is 17.9 Å². The molecule has 4 heterocycles. The summed E-state index contributed by atoms with van der Waals surface area (Å²) in [6, 6.07) is 5.83. The van der Waals surface area contributed by atoms with Gasteiger partial charge < -0.3 is 19.7 Å². The zero-order chi connectivity index (χ0) is 21.4. The van der Waals surface area contributed by atoms with Crippen LogP contribution in [0.15, 0.2) is 40.5 Å². The van der Waals surface area contributed by atoms with Crippen LogP contribution < -0.4 is 5.32 Å². The number of rotatable bonds is 5. The van der Waals surface area contributed by atoms with Gasteiger partial charge in [-0.3, -0.25) is 14.7 Å². The molecule has 0 radical (unpaired) electrons. The second kappa shape index (κ2) is 8.28. The van der Waals surface area contributed by atoms with E-state index in [2.05, 4.69) is 21.3 Å². The first kappa shape index (κ1) is 20.0. The van der Waals surface area contributed by atoms with Gasteiger partial charge >= 0.3 is 6.09 Å². The van der Waals surface area contributed by atoms with Crippen LogP contribution >= 0.6 is 0 Å². The Labute approximate surface area is 181 Å². The molecule has 8 heteroatoms. The van der Waals surface area contributed by atoms with E-state index in [1.165, 1.54) is 0 Å². The Hall–Kier alpha value is -2.97. The van der Waals surface area contributed by atoms with Crippen molar-refractivity contribution >= 4 is 29.5 Å². The molecular formula is C23H26N4O4. The number of morpholine rings is 1. The van der Waals surface area contributed by atoms with Crippen molar-refractivity contribution in [3.8, 4) is 0 Å². The number of carbonyl (C=O) groups excluding carboxylic acids is 2. The highest BCUT2D eigenvalue weighted by molar-refractivity contribution is 6.32. The van der Waals surface area contributed by atoms with Crippen molar-refractivity contribution in [3.63, 3.8) is 0 Å². The van der Waals surface area contributed by atoms with Crippen LogP contribution in [0.2, 0.25) is 0 Å². The highest BCUT2D eigenvalue weighted by Gasteiger charge is 2.29. The topological polar surface area (TPSA) is 83.5 Å². The normalized spacial score (nSPS) is 24.9. The summed E-state index contributed by atoms with van der Waals surface area (Å²) in [6.45, 7) is 7.78. The van der Waals surface area contributed by atoms with Gasteiger partial charge in [0.1, 0.15) is 6.61 Å². The standard InChI is InChI=1S/C23H26N4O4/c1-15(20-11-17(12-24-20)13-26-4-7-30-8-5-26)21-18-10-16(2-3-19(18)25-22(21)28)14-27-6-9-31-23(27)29/h2-3,10-12,17H,4-9,13-14H2,1H3,(H,25,28)/b21-15+. The highest BCUT2D eigenvalue weighted by atomic mass is 16.6. The maximum atomic E-state index is 12.8. The van der Waals surface area contributed by atoms with Gasteiger partial charge in [0.15, 0.2) is 0 Å². The third-order valence-corrected chi connectivity index (χ3v) is 6.16. The molecule has 5 rings (SSSR count). The number of fused-ring (bicyclic) bond motifs is 1. The van der Waals surface area contributed by atoms with Crippen LogP contribution in [0.3, 0.4) is 0 Å². The Morgan fingerprint density at radius 3 is 2.81 bits per heavy atom. The number of hydrogen-bond donors (Lipinski definition) is 1. The van der Waals surface area contributed by atoms with Gasteiger partial charge in [0.25, 0.3) is 5.91 Å². The fourth-order valence-corrected chi connectivity index (χ4v) is 4.47. The zero-order valence-corrected chi connectivity index (χ0v) is 17.6. The van der Waals surface area contributed by atoms with E-state index >= 15 is 0 Å². The van der Waals surface area contributed by atoms with Gasteiger partial charge in [-0.2, -0.15) is 0 Å². The average Bonchev–Trinajstić information content (AvgIpc) is 3.47. The van der Waals surface area contributed by atoms with Crippen LogP contribution in [0.4, 0.5) is 10.5 Å². The summed E-state index contributed by atoms with van der Waals surface area (Å²) in [7, 11) is 0. The summed E-state index contributed by atoms with van der Waals surface area (Å²) in [5.41, 5.74) is 4.99. The number of nitrogens with one attached hydrogen (secondary N) is 1. The second-order valence-electron chi connectivity index (χ2n) is 8.28. The molecule has 1 N–H and O–H groups in total. The van der Waals surface area contributed by atoms with E-state index in [4.69, 9.17) is 9.47 Å². The van der Waals surface area contributed by atoms with Crippen molar-refractivity contribution in [3.05, 3.63) is 46.7 Å². The minimum atomic E-state index is -0.293. The van der Waals surface area contributed by atoms with E-state index in [0.29, 0.717) is 25.3 Å². The Balaban J connectivity index is 1.38. The van der Waals surface area contributed by atoms with Gasteiger partial charge in [0.2, 0.25) is 0 Å². The molecule has 162 valence electrons. The second-order valence-corrected chi connectivity index (χ2v) is 8.28. The zero-order valence-electron chi connectivity index (χ0n) is 17.6. The van der Waals surface area contributed by atoms with Crippen molar-refractivity contribution < 1.29 is 19.1 Å². The Bertz CT molecular complexity index is 1010. The monoisotopic (exact) mass is 422 g/mol. The van der Waals surface area contributed by atoms with Gasteiger partial charge in [-0.25, -0.2) is 4.79 Å². The van der Waals surface area contributed by atoms with Crippen LogP contribution in [0.25, 0.3) is 5.57 Å². The summed E-state index contributed by atoms with van der Waals surface area (Å²) in [5, 5.41) is 2.96. The molecule has 1 aromatic rings. The number of nitrogens with zero attached hydrogens (tertiary/aromatic N) is 3. The van der Waals surface area contributed by atoms with Crippen molar-refractivity contribution in [1.29, 1.82) is 0 Å². The van der Waals surface area contributed by atoms with E-state index in [9.17, 15) is 9.59 Å². The van der Waals surface area contributed by atoms with Crippen molar-refractivity contribution in [2.75, 3.05) is 51.3 Å². The van der Waals surface area contributed by atoms with E-state index < -0.39 is 0 Å². The lowest BCUT2D eigenvalue weighted by atomic mass is 9.97. The summed E-state index contributed by atoms with van der Waals surface area (Å²) in [6.07, 6.45) is 3.82. The number of cyclic esters (lactones) is 1. The molecule has 8 nitrogen and oxygen atoms in total. The molecule has 0 aliphatic carbocycles. The predicted molar refractivity (Wildman–Crippen MR) is 117 cm³/mol.